The summed E-state index contributed by atoms with van der Waals surface area (Å²) in [5, 5.41) is 0. The molecule has 2 fully saturated rings. The molecule has 13 heteroatoms. The van der Waals surface area contributed by atoms with Crippen molar-refractivity contribution >= 4 is 6.16 Å². The summed E-state index contributed by atoms with van der Waals surface area (Å²) in [7, 11) is 1.68. The summed E-state index contributed by atoms with van der Waals surface area (Å²) in [6.07, 6.45) is 20.7. The number of ether oxygens (including phenoxy) is 12. The first-order valence-corrected chi connectivity index (χ1v) is 42.6. The molecule has 2 aliphatic carbocycles. The molecule has 0 aliphatic heterocycles. The molecule has 0 heterocycles. The smallest absolute Gasteiger partial charge is 0.465 e. The van der Waals surface area contributed by atoms with Crippen molar-refractivity contribution in [2.45, 2.75) is 353 Å². The average molecular weight is 1530 g/mol. The van der Waals surface area contributed by atoms with Crippen LogP contribution < -0.4 is 28.4 Å². The molecule has 0 N–H and O–H groups in total. The first kappa shape index (κ1) is 97.6. The minimum Gasteiger partial charge on any atom is -0.465 e. The Morgan fingerprint density at radius 1 is 0.355 bits per heavy atom. The predicted octanol–water partition coefficient (Wildman–Crippen LogP) is 28.2. The van der Waals surface area contributed by atoms with Gasteiger partial charge in [-0.25, -0.2) is 4.79 Å². The second-order valence-electron chi connectivity index (χ2n) is 31.2. The number of carbonyl (C=O) groups is 1. The number of carbonyl (C=O) groups excluding carboxylic acids is 1. The van der Waals surface area contributed by atoms with Gasteiger partial charge in [0.05, 0.1) is 12.7 Å². The number of hydrogen-bond donors (Lipinski definition) is 0. The zero-order valence-electron chi connectivity index (χ0n) is 73.1. The minimum absolute atomic E-state index is 0.114. The van der Waals surface area contributed by atoms with Gasteiger partial charge in [0.15, 0.2) is 25.2 Å². The van der Waals surface area contributed by atoms with Crippen molar-refractivity contribution in [2.75, 3.05) is 26.9 Å². The van der Waals surface area contributed by atoms with Crippen molar-refractivity contribution in [1.82, 2.24) is 0 Å². The third-order valence-electron chi connectivity index (χ3n) is 20.7. The standard InChI is InChI=1S/C20H32O2.C18H28O2.C15H22O3.2C15H24O2.C14H22O2/c1-4-16(3)18-11-13-19(14-12-18)22-20(5-2)21-15-17-9-7-6-8-10-17;1-4-14(2)16-10-12-18(13-11-16)20-15(3)19-17-8-6-5-7-9-17;1-6-11(2)12-7-9-13(10-8-12)17-14(16)18-15(3,4)5;1-6-12(4)13-7-9-14(10-8-13)17-15(16-5)11(2)3;1-5-12(4)13-8-10-14(11-9-13)17-15(6-2)16-7-3;1-5-11(3)13-7-9-14(10-8-13)16-12(4)15-6-2/h11-14,16-17,20H,4-10,15H2,1-3H3;10-15,17H,4-9H2,1-3H3;7-11H,6H2,1-5H3;7-12,15H,6H2,1-5H3;8-12,15H,5-7H2,1-4H3;7-12H,5-6H2,1-4H3. The zero-order valence-corrected chi connectivity index (χ0v) is 73.1. The molecule has 0 saturated heterocycles. The fourth-order valence-electron chi connectivity index (χ4n) is 12.3. The van der Waals surface area contributed by atoms with Crippen LogP contribution in [-0.2, 0) is 28.4 Å². The van der Waals surface area contributed by atoms with Crippen LogP contribution in [0.2, 0.25) is 0 Å². The molecule has 6 aromatic carbocycles. The van der Waals surface area contributed by atoms with Crippen molar-refractivity contribution in [2.24, 2.45) is 11.8 Å². The van der Waals surface area contributed by atoms with E-state index in [1.807, 2.05) is 76.2 Å². The van der Waals surface area contributed by atoms with E-state index in [-0.39, 0.29) is 31.5 Å². The summed E-state index contributed by atoms with van der Waals surface area (Å²) in [6.45, 7) is 50.4. The Kier molecular flexibility index (Phi) is 49.5. The lowest BCUT2D eigenvalue weighted by atomic mass is 9.90. The molecule has 13 nitrogen and oxygen atoms in total. The Labute approximate surface area is 670 Å². The summed E-state index contributed by atoms with van der Waals surface area (Å²) >= 11 is 0. The number of methoxy groups -OCH3 is 1. The van der Waals surface area contributed by atoms with Crippen LogP contribution in [-0.4, -0.2) is 76.2 Å². The van der Waals surface area contributed by atoms with Crippen LogP contribution in [0.5, 0.6) is 34.5 Å². The molecular formula is C97H152O13. The first-order valence-electron chi connectivity index (χ1n) is 42.6. The molecule has 11 atom stereocenters. The van der Waals surface area contributed by atoms with Crippen molar-refractivity contribution in [1.29, 1.82) is 0 Å². The van der Waals surface area contributed by atoms with E-state index >= 15 is 0 Å². The Morgan fingerprint density at radius 2 is 0.655 bits per heavy atom. The lowest BCUT2D eigenvalue weighted by Gasteiger charge is -2.26. The lowest BCUT2D eigenvalue weighted by Crippen LogP contribution is -2.26. The average Bonchev–Trinajstić information content (AvgIpc) is 0.900. The normalized spacial score (nSPS) is 16.0. The largest absolute Gasteiger partial charge is 0.514 e. The highest BCUT2D eigenvalue weighted by molar-refractivity contribution is 5.64. The van der Waals surface area contributed by atoms with Crippen LogP contribution in [0, 0.1) is 11.8 Å². The molecule has 0 bridgehead atoms. The van der Waals surface area contributed by atoms with E-state index in [0.717, 1.165) is 79.8 Å². The van der Waals surface area contributed by atoms with Gasteiger partial charge in [-0.1, -0.05) is 222 Å². The van der Waals surface area contributed by atoms with Gasteiger partial charge in [0.2, 0.25) is 6.29 Å². The second kappa shape index (κ2) is 55.8. The number of hydrogen-bond acceptors (Lipinski definition) is 13. The van der Waals surface area contributed by atoms with Crippen LogP contribution >= 0.6 is 0 Å². The van der Waals surface area contributed by atoms with Gasteiger partial charge in [-0.2, -0.15) is 0 Å². The maximum absolute atomic E-state index is 11.5. The topological polar surface area (TPSA) is 128 Å². The molecule has 0 amide bonds. The van der Waals surface area contributed by atoms with Gasteiger partial charge in [-0.15, -0.1) is 0 Å². The van der Waals surface area contributed by atoms with Gasteiger partial charge in [0, 0.05) is 39.1 Å². The molecule has 11 unspecified atom stereocenters. The molecule has 618 valence electrons. The van der Waals surface area contributed by atoms with Gasteiger partial charge in [0.25, 0.3) is 0 Å². The molecular weight excluding hydrogens is 1370 g/mol. The monoisotopic (exact) mass is 1530 g/mol. The Hall–Kier alpha value is -6.61. The summed E-state index contributed by atoms with van der Waals surface area (Å²) in [4.78, 5) is 11.5. The summed E-state index contributed by atoms with van der Waals surface area (Å²) in [5.74, 6) is 9.60. The van der Waals surface area contributed by atoms with Crippen LogP contribution in [0.15, 0.2) is 146 Å². The van der Waals surface area contributed by atoms with Gasteiger partial charge >= 0.3 is 6.16 Å². The van der Waals surface area contributed by atoms with Crippen molar-refractivity contribution in [3.05, 3.63) is 179 Å². The van der Waals surface area contributed by atoms with Gasteiger partial charge in [-0.05, 0) is 260 Å². The zero-order chi connectivity index (χ0) is 81.4. The summed E-state index contributed by atoms with van der Waals surface area (Å²) in [6, 6.07) is 49.4. The highest BCUT2D eigenvalue weighted by atomic mass is 16.7. The highest BCUT2D eigenvalue weighted by Gasteiger charge is 2.22. The van der Waals surface area contributed by atoms with Gasteiger partial charge < -0.3 is 56.8 Å². The fourth-order valence-corrected chi connectivity index (χ4v) is 12.3. The molecule has 2 saturated carbocycles. The Bertz CT molecular complexity index is 3210. The predicted molar refractivity (Wildman–Crippen MR) is 457 cm³/mol. The fraction of sp³-hybridized carbons (Fsp3) is 0.619. The SMILES string of the molecule is CCC(C)c1ccc(OC(=O)OC(C)(C)C)cc1.CCC(C)c1ccc(OC(C)OC2CCCCC2)cc1.CCC(C)c1ccc(OC(OC)C(C)C)cc1.CCC(OCC1CCCCC1)Oc1ccc(C(C)CC)cc1.CCOC(C)Oc1ccc(C(C)CC)cc1.CCOC(CC)Oc1ccc(C(C)CC)cc1. The van der Waals surface area contributed by atoms with Gasteiger partial charge in [0.1, 0.15) is 40.1 Å². The van der Waals surface area contributed by atoms with Crippen LogP contribution in [0.1, 0.15) is 344 Å². The van der Waals surface area contributed by atoms with Crippen LogP contribution in [0.4, 0.5) is 4.79 Å². The van der Waals surface area contributed by atoms with E-state index in [0.29, 0.717) is 66.5 Å². The maximum Gasteiger partial charge on any atom is 0.514 e. The van der Waals surface area contributed by atoms with Crippen molar-refractivity contribution < 1.29 is 61.6 Å². The third kappa shape index (κ3) is 40.2. The van der Waals surface area contributed by atoms with E-state index in [1.54, 1.807) is 40.0 Å². The van der Waals surface area contributed by atoms with Crippen molar-refractivity contribution in [3.8, 4) is 34.5 Å². The Morgan fingerprint density at radius 3 is 0.955 bits per heavy atom. The summed E-state index contributed by atoms with van der Waals surface area (Å²) in [5.41, 5.74) is 7.55. The van der Waals surface area contributed by atoms with Crippen molar-refractivity contribution in [3.63, 3.8) is 0 Å². The highest BCUT2D eigenvalue weighted by Crippen LogP contribution is 2.31. The molecule has 8 rings (SSSR count). The summed E-state index contributed by atoms with van der Waals surface area (Å²) < 4.78 is 67.2. The number of benzene rings is 6. The first-order chi connectivity index (χ1) is 52.7. The quantitative estimate of drug-likeness (QED) is 0.0210. The molecule has 2 aliphatic rings. The third-order valence-corrected chi connectivity index (χ3v) is 20.7. The van der Waals surface area contributed by atoms with E-state index in [9.17, 15) is 4.79 Å². The molecule has 0 radical (unpaired) electrons. The maximum atomic E-state index is 11.5. The van der Waals surface area contributed by atoms with E-state index in [4.69, 9.17) is 56.8 Å². The molecule has 0 aromatic heterocycles. The second-order valence-corrected chi connectivity index (χ2v) is 31.2. The van der Waals surface area contributed by atoms with Crippen LogP contribution in [0.3, 0.4) is 0 Å². The molecule has 110 heavy (non-hydrogen) atoms. The molecule has 6 aromatic rings. The van der Waals surface area contributed by atoms with E-state index in [1.165, 1.54) is 110 Å². The minimum atomic E-state index is -0.668. The van der Waals surface area contributed by atoms with Crippen LogP contribution in [0.25, 0.3) is 0 Å². The number of rotatable bonds is 36. The molecule has 0 spiro atoms. The van der Waals surface area contributed by atoms with E-state index < -0.39 is 11.8 Å². The van der Waals surface area contributed by atoms with E-state index in [2.05, 4.69) is 196 Å². The Balaban J connectivity index is 0.000000343. The van der Waals surface area contributed by atoms with Gasteiger partial charge in [-0.3, -0.25) is 0 Å². The lowest BCUT2D eigenvalue weighted by molar-refractivity contribution is -0.116.